The number of carbonyl (C=O) groups excluding carboxylic acids is 1. The smallest absolute Gasteiger partial charge is 0.459 e. The van der Waals surface area contributed by atoms with E-state index in [1.165, 1.54) is 19.2 Å². The van der Waals surface area contributed by atoms with E-state index < -0.39 is 56.1 Å². The van der Waals surface area contributed by atoms with Crippen LogP contribution in [0, 0.1) is 0 Å². The van der Waals surface area contributed by atoms with Crippen LogP contribution in [-0.2, 0) is 28.1 Å². The minimum atomic E-state index is -4.21. The van der Waals surface area contributed by atoms with Gasteiger partial charge in [0.2, 0.25) is 0 Å². The van der Waals surface area contributed by atoms with Crippen LogP contribution in [0.2, 0.25) is 0 Å². The highest BCUT2D eigenvalue weighted by atomic mass is 31.2. The van der Waals surface area contributed by atoms with Crippen molar-refractivity contribution in [3.63, 3.8) is 0 Å². The van der Waals surface area contributed by atoms with E-state index in [-0.39, 0.29) is 24.3 Å². The van der Waals surface area contributed by atoms with Gasteiger partial charge >= 0.3 is 19.4 Å². The molecule has 4 N–H and O–H groups in total. The molecule has 0 amide bonds. The van der Waals surface area contributed by atoms with E-state index >= 15 is 0 Å². The Labute approximate surface area is 207 Å². The molecule has 13 nitrogen and oxygen atoms in total. The third-order valence-corrected chi connectivity index (χ3v) is 7.26. The molecule has 36 heavy (non-hydrogen) atoms. The molecule has 6 atom stereocenters. The fourth-order valence-corrected chi connectivity index (χ4v) is 5.43. The number of para-hydroxylation sites is 1. The van der Waals surface area contributed by atoms with E-state index in [2.05, 4.69) is 10.1 Å². The highest BCUT2D eigenvalue weighted by molar-refractivity contribution is 7.52. The van der Waals surface area contributed by atoms with Gasteiger partial charge in [-0.3, -0.25) is 13.9 Å². The van der Waals surface area contributed by atoms with Crippen molar-refractivity contribution in [1.82, 2.24) is 14.6 Å². The minimum Gasteiger partial charge on any atom is -0.462 e. The van der Waals surface area contributed by atoms with Gasteiger partial charge in [0.15, 0.2) is 6.23 Å². The van der Waals surface area contributed by atoms with Crippen molar-refractivity contribution in [1.29, 1.82) is 0 Å². The monoisotopic (exact) mass is 524 g/mol. The lowest BCUT2D eigenvalue weighted by Gasteiger charge is -2.32. The zero-order chi connectivity index (χ0) is 26.1. The van der Waals surface area contributed by atoms with E-state index in [1.54, 1.807) is 44.2 Å². The molecule has 2 aliphatic rings. The number of rotatable bonds is 10. The van der Waals surface area contributed by atoms with Crippen LogP contribution in [0.3, 0.4) is 0 Å². The van der Waals surface area contributed by atoms with Gasteiger partial charge in [0, 0.05) is 6.20 Å². The molecule has 2 bridgehead atoms. The average Bonchev–Trinajstić information content (AvgIpc) is 3.27. The van der Waals surface area contributed by atoms with Crippen LogP contribution in [-0.4, -0.2) is 63.8 Å². The number of esters is 1. The predicted octanol–water partition coefficient (Wildman–Crippen LogP) is 0.986. The molecule has 2 aliphatic heterocycles. The number of fused-ring (bicyclic) bond motifs is 2. The van der Waals surface area contributed by atoms with Gasteiger partial charge in [0.05, 0.1) is 19.3 Å². The molecule has 14 heteroatoms. The third kappa shape index (κ3) is 5.46. The van der Waals surface area contributed by atoms with Gasteiger partial charge in [-0.1, -0.05) is 18.2 Å². The standard InChI is InChI=1S/C22H29N4O9P/c1-13(2)33-20(28)14(3)25-36(30,35-15-7-5-4-6-8-15)32-12-22-11-31-17(18(22)27)19(34-22)26-10-9-16(23)24-21(26)29/h4-10,13-14,17-19,27H,11-12H2,1-3H3,(H,25,30)(H2,23,24,29)/t14-,17+,18-,19+,22+,36+/m0/s1. The van der Waals surface area contributed by atoms with Crippen molar-refractivity contribution in [2.75, 3.05) is 18.9 Å². The van der Waals surface area contributed by atoms with Crippen molar-refractivity contribution in [3.8, 4) is 5.75 Å². The van der Waals surface area contributed by atoms with E-state index in [4.69, 9.17) is 29.0 Å². The van der Waals surface area contributed by atoms with Gasteiger partial charge in [0.1, 0.15) is 35.4 Å². The molecule has 0 radical (unpaired) electrons. The van der Waals surface area contributed by atoms with Crippen LogP contribution in [0.1, 0.15) is 27.0 Å². The predicted molar refractivity (Wildman–Crippen MR) is 126 cm³/mol. The number of aromatic nitrogens is 2. The van der Waals surface area contributed by atoms with E-state index in [9.17, 15) is 19.3 Å². The van der Waals surface area contributed by atoms with Crippen LogP contribution in [0.4, 0.5) is 5.82 Å². The molecule has 3 heterocycles. The van der Waals surface area contributed by atoms with Crippen molar-refractivity contribution in [2.24, 2.45) is 0 Å². The van der Waals surface area contributed by atoms with Gasteiger partial charge in [-0.2, -0.15) is 10.1 Å². The second kappa shape index (κ2) is 10.3. The molecule has 0 aliphatic carbocycles. The third-order valence-electron chi connectivity index (χ3n) is 5.64. The number of nitrogens with two attached hydrogens (primary N) is 1. The number of anilines is 1. The Hall–Kier alpha value is -2.80. The van der Waals surface area contributed by atoms with Gasteiger partial charge in [0.25, 0.3) is 0 Å². The maximum Gasteiger partial charge on any atom is 0.459 e. The minimum absolute atomic E-state index is 0.0362. The molecule has 2 fully saturated rings. The molecule has 4 rings (SSSR count). The Morgan fingerprint density at radius 2 is 2.06 bits per heavy atom. The summed E-state index contributed by atoms with van der Waals surface area (Å²) in [6.45, 7) is 4.30. The number of aliphatic hydroxyl groups excluding tert-OH is 1. The lowest BCUT2D eigenvalue weighted by Crippen LogP contribution is -2.46. The van der Waals surface area contributed by atoms with Crippen LogP contribution < -0.4 is 21.0 Å². The number of aliphatic hydroxyl groups is 1. The number of nitrogens with zero attached hydrogens (tertiary/aromatic N) is 2. The second-order valence-electron chi connectivity index (χ2n) is 8.85. The highest BCUT2D eigenvalue weighted by Crippen LogP contribution is 2.50. The molecule has 0 spiro atoms. The fourth-order valence-electron chi connectivity index (χ4n) is 3.89. The summed E-state index contributed by atoms with van der Waals surface area (Å²) in [5, 5.41) is 13.5. The Kier molecular flexibility index (Phi) is 7.51. The van der Waals surface area contributed by atoms with Crippen LogP contribution in [0.25, 0.3) is 0 Å². The summed E-state index contributed by atoms with van der Waals surface area (Å²) in [6, 6.07) is 8.61. The van der Waals surface area contributed by atoms with E-state index in [0.29, 0.717) is 0 Å². The quantitative estimate of drug-likeness (QED) is 0.297. The van der Waals surface area contributed by atoms with Gasteiger partial charge in [-0.15, -0.1) is 0 Å². The zero-order valence-electron chi connectivity index (χ0n) is 20.0. The second-order valence-corrected chi connectivity index (χ2v) is 10.5. The van der Waals surface area contributed by atoms with Gasteiger partial charge < -0.3 is 29.6 Å². The molecule has 1 aromatic heterocycles. The van der Waals surface area contributed by atoms with Crippen molar-refractivity contribution in [3.05, 3.63) is 53.1 Å². The lowest BCUT2D eigenvalue weighted by molar-refractivity contribution is -0.185. The summed E-state index contributed by atoms with van der Waals surface area (Å²) >= 11 is 0. The first kappa shape index (κ1) is 26.3. The average molecular weight is 524 g/mol. The number of hydrogen-bond donors (Lipinski definition) is 3. The van der Waals surface area contributed by atoms with Gasteiger partial charge in [-0.25, -0.2) is 9.36 Å². The number of nitrogen functional groups attached to an aromatic ring is 1. The molecular formula is C22H29N4O9P. The SMILES string of the molecule is CC(C)OC(=O)[C@H](C)N[P@@](=O)(OC[C@@]12CO[C@@H]([C@H](n3ccc(N)nc3=O)O1)[C@@H]2O)Oc1ccccc1. The normalized spacial score (nSPS) is 27.5. The molecule has 1 aromatic carbocycles. The maximum absolute atomic E-state index is 13.7. The first-order valence-corrected chi connectivity index (χ1v) is 12.9. The molecule has 0 unspecified atom stereocenters. The Morgan fingerprint density at radius 1 is 1.33 bits per heavy atom. The molecular weight excluding hydrogens is 495 g/mol. The summed E-state index contributed by atoms with van der Waals surface area (Å²) in [4.78, 5) is 28.3. The molecule has 0 saturated carbocycles. The van der Waals surface area contributed by atoms with E-state index in [1.807, 2.05) is 0 Å². The summed E-state index contributed by atoms with van der Waals surface area (Å²) in [6.07, 6.45) is -2.14. The number of hydrogen-bond acceptors (Lipinski definition) is 11. The molecule has 196 valence electrons. The lowest BCUT2D eigenvalue weighted by atomic mass is 10.0. The molecule has 2 saturated heterocycles. The Morgan fingerprint density at radius 3 is 2.72 bits per heavy atom. The first-order valence-electron chi connectivity index (χ1n) is 11.3. The summed E-state index contributed by atoms with van der Waals surface area (Å²) in [7, 11) is -4.21. The van der Waals surface area contributed by atoms with E-state index in [0.717, 1.165) is 4.57 Å². The maximum atomic E-state index is 13.7. The summed E-state index contributed by atoms with van der Waals surface area (Å²) in [5.41, 5.74) is 3.40. The Bertz CT molecular complexity index is 1190. The van der Waals surface area contributed by atoms with Crippen LogP contribution in [0.15, 0.2) is 47.4 Å². The first-order chi connectivity index (χ1) is 17.0. The van der Waals surface area contributed by atoms with Crippen LogP contribution in [0.5, 0.6) is 5.75 Å². The van der Waals surface area contributed by atoms with Crippen molar-refractivity contribution < 1.29 is 37.7 Å². The Balaban J connectivity index is 1.53. The number of carbonyl (C=O) groups is 1. The molecule has 2 aromatic rings. The number of ether oxygens (including phenoxy) is 3. The highest BCUT2D eigenvalue weighted by Gasteiger charge is 2.62. The fraction of sp³-hybridized carbons (Fsp3) is 0.500. The number of nitrogens with one attached hydrogen (secondary N) is 1. The zero-order valence-corrected chi connectivity index (χ0v) is 20.9. The number of benzene rings is 1. The summed E-state index contributed by atoms with van der Waals surface area (Å²) < 4.78 is 43.0. The topological polar surface area (TPSA) is 173 Å². The van der Waals surface area contributed by atoms with Crippen LogP contribution >= 0.6 is 7.75 Å². The van der Waals surface area contributed by atoms with Crippen molar-refractivity contribution in [2.45, 2.75) is 57.0 Å². The van der Waals surface area contributed by atoms with Crippen molar-refractivity contribution >= 4 is 19.5 Å². The van der Waals surface area contributed by atoms with Gasteiger partial charge in [-0.05, 0) is 39.0 Å². The summed E-state index contributed by atoms with van der Waals surface area (Å²) in [5.74, 6) is -0.393. The largest absolute Gasteiger partial charge is 0.462 e.